The van der Waals surface area contributed by atoms with E-state index in [1.165, 1.54) is 12.1 Å². The van der Waals surface area contributed by atoms with Gasteiger partial charge in [-0.3, -0.25) is 14.5 Å². The predicted molar refractivity (Wildman–Crippen MR) is 69.9 cm³/mol. The van der Waals surface area contributed by atoms with Gasteiger partial charge in [0, 0.05) is 17.7 Å². The molecule has 0 bridgehead atoms. The second-order valence-electron chi connectivity index (χ2n) is 4.47. The number of carbonyl (C=O) groups excluding carboxylic acids is 3. The molecular formula is C14H13FN2O3. The summed E-state index contributed by atoms with van der Waals surface area (Å²) < 4.78 is 13.2. The molecule has 1 aromatic rings. The molecular weight excluding hydrogens is 263 g/mol. The molecule has 0 aliphatic carbocycles. The van der Waals surface area contributed by atoms with Crippen LogP contribution in [0.2, 0.25) is 0 Å². The summed E-state index contributed by atoms with van der Waals surface area (Å²) in [5.41, 5.74) is 6.19. The van der Waals surface area contributed by atoms with Gasteiger partial charge in [0.2, 0.25) is 5.91 Å². The molecule has 0 saturated carbocycles. The van der Waals surface area contributed by atoms with Gasteiger partial charge in [-0.05, 0) is 24.6 Å². The molecule has 20 heavy (non-hydrogen) atoms. The molecule has 0 aromatic heterocycles. The maximum atomic E-state index is 13.2. The first-order chi connectivity index (χ1) is 9.47. The molecule has 1 aromatic carbocycles. The first kappa shape index (κ1) is 13.9. The lowest BCUT2D eigenvalue weighted by molar-refractivity contribution is -0.121. The van der Waals surface area contributed by atoms with Crippen molar-refractivity contribution in [1.29, 1.82) is 0 Å². The average Bonchev–Trinajstić information content (AvgIpc) is 2.63. The Balaban J connectivity index is 2.39. The lowest BCUT2D eigenvalue weighted by Gasteiger charge is -2.25. The molecule has 2 N–H and O–H groups in total. The number of halogens is 1. The van der Waals surface area contributed by atoms with E-state index in [0.29, 0.717) is 17.5 Å². The number of carbonyl (C=O) groups is 3. The Labute approximate surface area is 114 Å². The first-order valence-electron chi connectivity index (χ1n) is 6.02. The zero-order valence-corrected chi connectivity index (χ0v) is 10.6. The lowest BCUT2D eigenvalue weighted by Crippen LogP contribution is -2.44. The summed E-state index contributed by atoms with van der Waals surface area (Å²) in [4.78, 5) is 35.3. The van der Waals surface area contributed by atoms with Gasteiger partial charge in [-0.25, -0.2) is 4.39 Å². The fourth-order valence-electron chi connectivity index (χ4n) is 2.28. The van der Waals surface area contributed by atoms with Crippen LogP contribution in [0.15, 0.2) is 24.8 Å². The summed E-state index contributed by atoms with van der Waals surface area (Å²) in [6.07, 6.45) is 0.849. The Kier molecular flexibility index (Phi) is 3.65. The Morgan fingerprint density at radius 3 is 2.75 bits per heavy atom. The standard InChI is InChI=1S/C14H13FN2O3/c1-8-10-5-4-9(15)7-11(10)14(20)17(8)12(13(16)19)3-2-6-18/h4-7,12H,1-3H2,(H2,16,19). The van der Waals surface area contributed by atoms with Crippen molar-refractivity contribution in [1.82, 2.24) is 4.90 Å². The number of aldehydes is 1. The van der Waals surface area contributed by atoms with Gasteiger partial charge in [-0.1, -0.05) is 6.58 Å². The van der Waals surface area contributed by atoms with Gasteiger partial charge in [-0.15, -0.1) is 0 Å². The van der Waals surface area contributed by atoms with Crippen LogP contribution in [0.3, 0.4) is 0 Å². The number of primary amides is 1. The van der Waals surface area contributed by atoms with E-state index in [2.05, 4.69) is 6.58 Å². The van der Waals surface area contributed by atoms with Crippen LogP contribution >= 0.6 is 0 Å². The zero-order chi connectivity index (χ0) is 14.9. The number of amides is 2. The minimum atomic E-state index is -0.962. The summed E-state index contributed by atoms with van der Waals surface area (Å²) in [6.45, 7) is 3.75. The van der Waals surface area contributed by atoms with E-state index in [1.807, 2.05) is 0 Å². The maximum absolute atomic E-state index is 13.2. The van der Waals surface area contributed by atoms with Crippen LogP contribution < -0.4 is 5.73 Å². The summed E-state index contributed by atoms with van der Waals surface area (Å²) in [5, 5.41) is 0. The van der Waals surface area contributed by atoms with Crippen molar-refractivity contribution in [2.45, 2.75) is 18.9 Å². The van der Waals surface area contributed by atoms with Crippen LogP contribution in [0.25, 0.3) is 5.70 Å². The van der Waals surface area contributed by atoms with Crippen LogP contribution in [0, 0.1) is 5.82 Å². The zero-order valence-electron chi connectivity index (χ0n) is 10.6. The van der Waals surface area contributed by atoms with E-state index >= 15 is 0 Å². The van der Waals surface area contributed by atoms with Crippen LogP contribution in [0.1, 0.15) is 28.8 Å². The molecule has 0 spiro atoms. The Morgan fingerprint density at radius 1 is 1.45 bits per heavy atom. The van der Waals surface area contributed by atoms with Crippen molar-refractivity contribution >= 4 is 23.8 Å². The maximum Gasteiger partial charge on any atom is 0.259 e. The highest BCUT2D eigenvalue weighted by Gasteiger charge is 2.38. The van der Waals surface area contributed by atoms with Gasteiger partial charge in [0.1, 0.15) is 18.1 Å². The SMILES string of the molecule is C=C1c2ccc(F)cc2C(=O)N1C(CCC=O)C(N)=O. The number of fused-ring (bicyclic) bond motifs is 1. The van der Waals surface area contributed by atoms with Gasteiger partial charge in [0.15, 0.2) is 0 Å². The summed E-state index contributed by atoms with van der Waals surface area (Å²) in [7, 11) is 0. The monoisotopic (exact) mass is 276 g/mol. The molecule has 5 nitrogen and oxygen atoms in total. The molecule has 2 amide bonds. The van der Waals surface area contributed by atoms with Crippen molar-refractivity contribution in [2.75, 3.05) is 0 Å². The van der Waals surface area contributed by atoms with Gasteiger partial charge in [0.05, 0.1) is 5.56 Å². The second kappa shape index (κ2) is 5.24. The van der Waals surface area contributed by atoms with E-state index in [1.54, 1.807) is 0 Å². The van der Waals surface area contributed by atoms with Crippen molar-refractivity contribution in [2.24, 2.45) is 5.73 Å². The van der Waals surface area contributed by atoms with E-state index in [9.17, 15) is 18.8 Å². The number of nitrogens with zero attached hydrogens (tertiary/aromatic N) is 1. The van der Waals surface area contributed by atoms with Crippen LogP contribution in [0.5, 0.6) is 0 Å². The molecule has 0 radical (unpaired) electrons. The van der Waals surface area contributed by atoms with E-state index < -0.39 is 23.7 Å². The summed E-state index contributed by atoms with van der Waals surface area (Å²) in [5.74, 6) is -1.80. The van der Waals surface area contributed by atoms with E-state index in [0.717, 1.165) is 11.0 Å². The molecule has 1 heterocycles. The van der Waals surface area contributed by atoms with E-state index in [4.69, 9.17) is 5.73 Å². The van der Waals surface area contributed by atoms with Crippen LogP contribution in [-0.2, 0) is 9.59 Å². The normalized spacial score (nSPS) is 15.2. The summed E-state index contributed by atoms with van der Waals surface area (Å²) >= 11 is 0. The topological polar surface area (TPSA) is 80.5 Å². The van der Waals surface area contributed by atoms with Crippen molar-refractivity contribution in [3.8, 4) is 0 Å². The number of hydrogen-bond donors (Lipinski definition) is 1. The fourth-order valence-corrected chi connectivity index (χ4v) is 2.28. The number of hydrogen-bond acceptors (Lipinski definition) is 3. The molecule has 2 rings (SSSR count). The second-order valence-corrected chi connectivity index (χ2v) is 4.47. The average molecular weight is 276 g/mol. The third kappa shape index (κ3) is 2.20. The van der Waals surface area contributed by atoms with Gasteiger partial charge < -0.3 is 10.5 Å². The van der Waals surface area contributed by atoms with Crippen molar-refractivity contribution in [3.05, 3.63) is 41.7 Å². The first-order valence-corrected chi connectivity index (χ1v) is 6.02. The lowest BCUT2D eigenvalue weighted by atomic mass is 10.1. The third-order valence-electron chi connectivity index (χ3n) is 3.23. The quantitative estimate of drug-likeness (QED) is 0.817. The molecule has 0 saturated heterocycles. The fraction of sp³-hybridized carbons (Fsp3) is 0.214. The highest BCUT2D eigenvalue weighted by molar-refractivity contribution is 6.10. The van der Waals surface area contributed by atoms with Crippen LogP contribution in [-0.4, -0.2) is 29.0 Å². The molecule has 1 atom stereocenters. The number of rotatable bonds is 5. The van der Waals surface area contributed by atoms with Crippen molar-refractivity contribution in [3.63, 3.8) is 0 Å². The highest BCUT2D eigenvalue weighted by atomic mass is 19.1. The molecule has 1 unspecified atom stereocenters. The van der Waals surface area contributed by atoms with Crippen LogP contribution in [0.4, 0.5) is 4.39 Å². The largest absolute Gasteiger partial charge is 0.368 e. The van der Waals surface area contributed by atoms with Gasteiger partial charge >= 0.3 is 0 Å². The Hall–Kier alpha value is -2.50. The van der Waals surface area contributed by atoms with E-state index in [-0.39, 0.29) is 18.4 Å². The third-order valence-corrected chi connectivity index (χ3v) is 3.23. The molecule has 1 aliphatic rings. The Bertz CT molecular complexity index is 612. The molecule has 0 fully saturated rings. The van der Waals surface area contributed by atoms with Crippen molar-refractivity contribution < 1.29 is 18.8 Å². The minimum absolute atomic E-state index is 0.0926. The minimum Gasteiger partial charge on any atom is -0.368 e. The predicted octanol–water partition coefficient (Wildman–Crippen LogP) is 1.09. The van der Waals surface area contributed by atoms with Gasteiger partial charge in [-0.2, -0.15) is 0 Å². The van der Waals surface area contributed by atoms with Gasteiger partial charge in [0.25, 0.3) is 5.91 Å². The Morgan fingerprint density at radius 2 is 2.15 bits per heavy atom. The number of nitrogens with two attached hydrogens (primary N) is 1. The smallest absolute Gasteiger partial charge is 0.259 e. The molecule has 6 heteroatoms. The molecule has 1 aliphatic heterocycles. The summed E-state index contributed by atoms with van der Waals surface area (Å²) in [6, 6.07) is 2.78. The number of benzene rings is 1. The molecule has 104 valence electrons. The highest BCUT2D eigenvalue weighted by Crippen LogP contribution is 2.34.